The van der Waals surface area contributed by atoms with Crippen LogP contribution in [-0.2, 0) is 4.79 Å². The number of likely N-dealkylation sites (N-methyl/N-ethyl adjacent to an activating group) is 1. The molecule has 72 valence electrons. The molecule has 0 spiro atoms. The summed E-state index contributed by atoms with van der Waals surface area (Å²) in [5, 5.41) is 11.0. The molecular formula is C8H18N2O2. The van der Waals surface area contributed by atoms with Gasteiger partial charge in [-0.2, -0.15) is 0 Å². The van der Waals surface area contributed by atoms with Crippen molar-refractivity contribution in [2.24, 2.45) is 5.73 Å². The summed E-state index contributed by atoms with van der Waals surface area (Å²) < 4.78 is 0. The van der Waals surface area contributed by atoms with Crippen LogP contribution < -0.4 is 11.1 Å². The van der Waals surface area contributed by atoms with Crippen molar-refractivity contribution in [3.05, 3.63) is 12.2 Å². The molecule has 0 aliphatic rings. The molecule has 0 radical (unpaired) electrons. The van der Waals surface area contributed by atoms with E-state index in [1.807, 2.05) is 0 Å². The third-order valence-electron chi connectivity index (χ3n) is 0.936. The van der Waals surface area contributed by atoms with Crippen LogP contribution in [0.5, 0.6) is 0 Å². The van der Waals surface area contributed by atoms with Crippen molar-refractivity contribution < 1.29 is 9.90 Å². The molecule has 4 nitrogen and oxygen atoms in total. The molecule has 0 aromatic carbocycles. The Morgan fingerprint density at radius 2 is 2.08 bits per heavy atom. The first-order chi connectivity index (χ1) is 5.56. The molecule has 0 saturated carbocycles. The molecule has 0 unspecified atom stereocenters. The lowest BCUT2D eigenvalue weighted by Crippen LogP contribution is -2.21. The van der Waals surface area contributed by atoms with Gasteiger partial charge in [0.25, 0.3) is 0 Å². The monoisotopic (exact) mass is 174 g/mol. The summed E-state index contributed by atoms with van der Waals surface area (Å²) in [7, 11) is 0. The molecule has 0 aromatic heterocycles. The van der Waals surface area contributed by atoms with Crippen molar-refractivity contribution in [1.29, 1.82) is 0 Å². The maximum Gasteiger partial charge on any atom is 0.330 e. The summed E-state index contributed by atoms with van der Waals surface area (Å²) in [6.45, 7) is 9.38. The zero-order valence-corrected chi connectivity index (χ0v) is 7.76. The Hall–Kier alpha value is -0.870. The molecule has 0 aromatic rings. The number of rotatable bonds is 4. The van der Waals surface area contributed by atoms with E-state index in [2.05, 4.69) is 18.8 Å². The van der Waals surface area contributed by atoms with Gasteiger partial charge in [-0.05, 0) is 13.5 Å². The fourth-order valence-corrected chi connectivity index (χ4v) is 0.279. The van der Waals surface area contributed by atoms with Crippen molar-refractivity contribution in [3.63, 3.8) is 0 Å². The minimum atomic E-state index is -0.935. The van der Waals surface area contributed by atoms with E-state index in [-0.39, 0.29) is 5.57 Å². The smallest absolute Gasteiger partial charge is 0.330 e. The highest BCUT2D eigenvalue weighted by atomic mass is 16.4. The predicted molar refractivity (Wildman–Crippen MR) is 50.0 cm³/mol. The highest BCUT2D eigenvalue weighted by Gasteiger charge is 1.90. The highest BCUT2D eigenvalue weighted by Crippen LogP contribution is 1.81. The molecule has 12 heavy (non-hydrogen) atoms. The number of carbonyl (C=O) groups is 1. The van der Waals surface area contributed by atoms with E-state index < -0.39 is 5.97 Å². The van der Waals surface area contributed by atoms with Gasteiger partial charge in [0, 0.05) is 18.7 Å². The summed E-state index contributed by atoms with van der Waals surface area (Å²) in [6, 6.07) is 0. The number of nitrogens with two attached hydrogens (primary N) is 1. The van der Waals surface area contributed by atoms with Crippen LogP contribution in [0.25, 0.3) is 0 Å². The maximum atomic E-state index is 9.60. The second-order valence-electron chi connectivity index (χ2n) is 2.23. The Kier molecular flexibility index (Phi) is 11.6. The second kappa shape index (κ2) is 10.1. The van der Waals surface area contributed by atoms with Gasteiger partial charge in [-0.3, -0.25) is 0 Å². The Morgan fingerprint density at radius 3 is 2.17 bits per heavy atom. The third-order valence-corrected chi connectivity index (χ3v) is 0.936. The van der Waals surface area contributed by atoms with Crippen LogP contribution >= 0.6 is 0 Å². The van der Waals surface area contributed by atoms with Gasteiger partial charge in [-0.25, -0.2) is 4.79 Å². The first-order valence-electron chi connectivity index (χ1n) is 3.85. The molecule has 0 fully saturated rings. The summed E-state index contributed by atoms with van der Waals surface area (Å²) in [4.78, 5) is 9.60. The van der Waals surface area contributed by atoms with Crippen LogP contribution in [0.2, 0.25) is 0 Å². The molecule has 0 saturated heterocycles. The van der Waals surface area contributed by atoms with E-state index in [0.29, 0.717) is 0 Å². The predicted octanol–water partition coefficient (Wildman–Crippen LogP) is 0.202. The van der Waals surface area contributed by atoms with Gasteiger partial charge in [0.1, 0.15) is 0 Å². The minimum Gasteiger partial charge on any atom is -0.478 e. The summed E-state index contributed by atoms with van der Waals surface area (Å²) in [5.41, 5.74) is 5.33. The van der Waals surface area contributed by atoms with Gasteiger partial charge in [0.05, 0.1) is 0 Å². The van der Waals surface area contributed by atoms with Gasteiger partial charge in [-0.1, -0.05) is 13.5 Å². The van der Waals surface area contributed by atoms with Crippen molar-refractivity contribution in [2.45, 2.75) is 13.8 Å². The van der Waals surface area contributed by atoms with Crippen LogP contribution in [0.3, 0.4) is 0 Å². The fraction of sp³-hybridized carbons (Fsp3) is 0.625. The molecular weight excluding hydrogens is 156 g/mol. The topological polar surface area (TPSA) is 75.3 Å². The van der Waals surface area contributed by atoms with Gasteiger partial charge in [-0.15, -0.1) is 0 Å². The zero-order chi connectivity index (χ0) is 9.98. The Bertz CT molecular complexity index is 119. The van der Waals surface area contributed by atoms with E-state index in [9.17, 15) is 4.79 Å². The van der Waals surface area contributed by atoms with E-state index in [1.54, 1.807) is 0 Å². The fourth-order valence-electron chi connectivity index (χ4n) is 0.279. The van der Waals surface area contributed by atoms with Crippen molar-refractivity contribution >= 4 is 5.97 Å². The number of nitrogens with one attached hydrogen (secondary N) is 1. The Labute approximate surface area is 73.5 Å². The van der Waals surface area contributed by atoms with Gasteiger partial charge >= 0.3 is 5.97 Å². The summed E-state index contributed by atoms with van der Waals surface area (Å²) in [5.74, 6) is -0.935. The van der Waals surface area contributed by atoms with Crippen LogP contribution in [0, 0.1) is 0 Å². The lowest BCUT2D eigenvalue weighted by molar-refractivity contribution is -0.132. The largest absolute Gasteiger partial charge is 0.478 e. The van der Waals surface area contributed by atoms with Gasteiger partial charge in [0.2, 0.25) is 0 Å². The molecule has 0 bridgehead atoms. The number of aliphatic carboxylic acids is 1. The third kappa shape index (κ3) is 16.1. The minimum absolute atomic E-state index is 0.176. The van der Waals surface area contributed by atoms with Crippen LogP contribution in [0.15, 0.2) is 12.2 Å². The number of hydrogen-bond donors (Lipinski definition) is 3. The standard InChI is InChI=1S/C4H12N2.C4H6O2/c1-2-6-4-3-5;1-3(2)4(5)6/h6H,2-5H2,1H3;1H2,2H3,(H,5,6). The molecule has 4 heteroatoms. The molecule has 0 heterocycles. The normalized spacial score (nSPS) is 8.25. The molecule has 0 atom stereocenters. The molecule has 0 amide bonds. The first kappa shape index (κ1) is 13.7. The quantitative estimate of drug-likeness (QED) is 0.420. The molecule has 0 rings (SSSR count). The van der Waals surface area contributed by atoms with Crippen molar-refractivity contribution in [1.82, 2.24) is 5.32 Å². The number of carboxylic acid groups (broad SMARTS) is 1. The number of carboxylic acids is 1. The van der Waals surface area contributed by atoms with Crippen molar-refractivity contribution in [3.8, 4) is 0 Å². The van der Waals surface area contributed by atoms with Crippen LogP contribution in [0.1, 0.15) is 13.8 Å². The maximum absolute atomic E-state index is 9.60. The van der Waals surface area contributed by atoms with E-state index in [1.165, 1.54) is 6.92 Å². The lowest BCUT2D eigenvalue weighted by atomic mass is 10.4. The van der Waals surface area contributed by atoms with Gasteiger partial charge in [0.15, 0.2) is 0 Å². The average Bonchev–Trinajstić information content (AvgIpc) is 2.02. The summed E-state index contributed by atoms with van der Waals surface area (Å²) in [6.07, 6.45) is 0. The zero-order valence-electron chi connectivity index (χ0n) is 7.76. The van der Waals surface area contributed by atoms with E-state index in [0.717, 1.165) is 19.6 Å². The van der Waals surface area contributed by atoms with Crippen molar-refractivity contribution in [2.75, 3.05) is 19.6 Å². The number of hydrogen-bond acceptors (Lipinski definition) is 3. The lowest BCUT2D eigenvalue weighted by Gasteiger charge is -1.92. The molecule has 0 aliphatic heterocycles. The Morgan fingerprint density at radius 1 is 1.67 bits per heavy atom. The SMILES string of the molecule is C=C(C)C(=O)O.CCNCCN. The average molecular weight is 174 g/mol. The summed E-state index contributed by atoms with van der Waals surface area (Å²) >= 11 is 0. The molecule has 4 N–H and O–H groups in total. The van der Waals surface area contributed by atoms with E-state index in [4.69, 9.17) is 10.8 Å². The first-order valence-corrected chi connectivity index (χ1v) is 3.85. The second-order valence-corrected chi connectivity index (χ2v) is 2.23. The molecule has 0 aliphatic carbocycles. The van der Waals surface area contributed by atoms with Crippen LogP contribution in [0.4, 0.5) is 0 Å². The van der Waals surface area contributed by atoms with E-state index >= 15 is 0 Å². The Balaban J connectivity index is 0. The van der Waals surface area contributed by atoms with Gasteiger partial charge < -0.3 is 16.2 Å². The van der Waals surface area contributed by atoms with Crippen LogP contribution in [-0.4, -0.2) is 30.7 Å². The highest BCUT2D eigenvalue weighted by molar-refractivity contribution is 5.84.